The lowest BCUT2D eigenvalue weighted by atomic mass is 10.0. The zero-order chi connectivity index (χ0) is 29.2. The highest BCUT2D eigenvalue weighted by Gasteiger charge is 2.29. The quantitative estimate of drug-likeness (QED) is 0.108. The van der Waals surface area contributed by atoms with Gasteiger partial charge >= 0.3 is 17.8 Å². The smallest absolute Gasteiger partial charge is 0.415 e. The number of hydrogen-bond donors (Lipinski definition) is 1. The van der Waals surface area contributed by atoms with E-state index in [4.69, 9.17) is 9.47 Å². The predicted octanol–water partition coefficient (Wildman–Crippen LogP) is 4.52. The highest BCUT2D eigenvalue weighted by atomic mass is 16.6. The van der Waals surface area contributed by atoms with Gasteiger partial charge in [-0.1, -0.05) is 18.7 Å². The number of likely N-dealkylation sites (tertiary alicyclic amines) is 1. The van der Waals surface area contributed by atoms with Crippen LogP contribution in [0.1, 0.15) is 59.9 Å². The number of rotatable bonds is 11. The van der Waals surface area contributed by atoms with Crippen LogP contribution >= 0.6 is 0 Å². The zero-order valence-electron chi connectivity index (χ0n) is 23.9. The summed E-state index contributed by atoms with van der Waals surface area (Å²) in [5, 5.41) is 14.7. The summed E-state index contributed by atoms with van der Waals surface area (Å²) in [6, 6.07) is 5.80. The van der Waals surface area contributed by atoms with E-state index in [1.807, 2.05) is 18.7 Å². The van der Waals surface area contributed by atoms with E-state index >= 15 is 0 Å². The molecule has 0 aliphatic carbocycles. The third kappa shape index (κ3) is 10.1. The number of hydrogen-bond acceptors (Lipinski definition) is 8. The van der Waals surface area contributed by atoms with E-state index < -0.39 is 22.5 Å². The van der Waals surface area contributed by atoms with E-state index in [0.29, 0.717) is 37.8 Å². The maximum absolute atomic E-state index is 13.1. The molecule has 11 heteroatoms. The molecule has 1 heterocycles. The minimum atomic E-state index is -0.967. The van der Waals surface area contributed by atoms with Gasteiger partial charge in [-0.25, -0.2) is 14.6 Å². The number of amides is 1. The Morgan fingerprint density at radius 1 is 1.21 bits per heavy atom. The maximum atomic E-state index is 13.1. The molecule has 1 aromatic rings. The van der Waals surface area contributed by atoms with Crippen LogP contribution in [0.5, 0.6) is 5.75 Å². The van der Waals surface area contributed by atoms with Crippen LogP contribution in [-0.4, -0.2) is 70.4 Å². The molecule has 214 valence electrons. The van der Waals surface area contributed by atoms with Crippen molar-refractivity contribution in [3.63, 3.8) is 0 Å². The van der Waals surface area contributed by atoms with Crippen LogP contribution in [0.25, 0.3) is 0 Å². The Kier molecular flexibility index (Phi) is 11.5. The fraction of sp³-hybridized carbons (Fsp3) is 0.536. The second-order valence-corrected chi connectivity index (χ2v) is 10.2. The summed E-state index contributed by atoms with van der Waals surface area (Å²) in [6.45, 7) is 17.5. The lowest BCUT2D eigenvalue weighted by Gasteiger charge is -2.25. The number of nitrogens with one attached hydrogen (secondary N) is 1. The molecule has 0 bridgehead atoms. The standard InChI is InChI=1S/C28H41N5O6/c1-8-31(9-2)21(4)29-19-25(33(36)37)20(3)30-24(26(34)39-28(5,6)7)18-22-12-14-23(15-13-22)38-27(35)32-16-10-11-17-32/h12-15,19,24,30H,3,8-11,16-18H2,1-2,4-7H3/b25-19+,29-21?/t24-/m0/s1. The number of aliphatic imine (C=N–C) groups is 1. The molecule has 0 unspecified atom stereocenters. The highest BCUT2D eigenvalue weighted by molar-refractivity contribution is 5.80. The number of ether oxygens (including phenoxy) is 2. The first-order valence-electron chi connectivity index (χ1n) is 13.2. The highest BCUT2D eigenvalue weighted by Crippen LogP contribution is 2.19. The van der Waals surface area contributed by atoms with E-state index in [-0.39, 0.29) is 23.9 Å². The summed E-state index contributed by atoms with van der Waals surface area (Å²) in [4.78, 5) is 44.4. The normalized spacial score (nSPS) is 15.0. The fourth-order valence-corrected chi connectivity index (χ4v) is 4.00. The van der Waals surface area contributed by atoms with Crippen molar-refractivity contribution in [2.45, 2.75) is 72.4 Å². The lowest BCUT2D eigenvalue weighted by molar-refractivity contribution is -0.421. The third-order valence-electron chi connectivity index (χ3n) is 6.07. The number of amidine groups is 1. The summed E-state index contributed by atoms with van der Waals surface area (Å²) in [5.74, 6) is 0.432. The van der Waals surface area contributed by atoms with Crippen LogP contribution in [0, 0.1) is 10.1 Å². The van der Waals surface area contributed by atoms with Gasteiger partial charge in [-0.15, -0.1) is 0 Å². The Morgan fingerprint density at radius 2 is 1.79 bits per heavy atom. The van der Waals surface area contributed by atoms with Crippen LogP contribution in [-0.2, 0) is 16.0 Å². The molecule has 1 fully saturated rings. The molecule has 1 saturated heterocycles. The molecular formula is C28H41N5O6. The average molecular weight is 544 g/mol. The molecule has 1 aliphatic rings. The first kappa shape index (κ1) is 31.3. The zero-order valence-corrected chi connectivity index (χ0v) is 23.9. The Bertz CT molecular complexity index is 1080. The average Bonchev–Trinajstić information content (AvgIpc) is 3.40. The number of esters is 1. The first-order chi connectivity index (χ1) is 18.3. The molecule has 0 saturated carbocycles. The second-order valence-electron chi connectivity index (χ2n) is 10.2. The Hall–Kier alpha value is -3.89. The summed E-state index contributed by atoms with van der Waals surface area (Å²) in [5.41, 5.74) is -0.463. The summed E-state index contributed by atoms with van der Waals surface area (Å²) < 4.78 is 11.0. The minimum Gasteiger partial charge on any atom is -0.458 e. The molecule has 0 spiro atoms. The summed E-state index contributed by atoms with van der Waals surface area (Å²) in [7, 11) is 0. The maximum Gasteiger partial charge on any atom is 0.415 e. The predicted molar refractivity (Wildman–Crippen MR) is 150 cm³/mol. The van der Waals surface area contributed by atoms with Gasteiger partial charge in [0.05, 0.1) is 4.92 Å². The molecule has 1 aromatic carbocycles. The van der Waals surface area contributed by atoms with E-state index in [9.17, 15) is 19.7 Å². The van der Waals surface area contributed by atoms with E-state index in [0.717, 1.165) is 24.6 Å². The van der Waals surface area contributed by atoms with Crippen molar-refractivity contribution in [2.24, 2.45) is 4.99 Å². The monoisotopic (exact) mass is 543 g/mol. The van der Waals surface area contributed by atoms with Gasteiger partial charge in [-0.05, 0) is 72.1 Å². The molecule has 1 amide bonds. The topological polar surface area (TPSA) is 127 Å². The minimum absolute atomic E-state index is 0.0666. The van der Waals surface area contributed by atoms with Gasteiger partial charge in [0.2, 0.25) is 0 Å². The number of carbonyl (C=O) groups is 2. The van der Waals surface area contributed by atoms with Gasteiger partial charge in [0.15, 0.2) is 0 Å². The summed E-state index contributed by atoms with van der Waals surface area (Å²) in [6.07, 6.45) is 2.84. The number of benzene rings is 1. The van der Waals surface area contributed by atoms with Crippen LogP contribution in [0.3, 0.4) is 0 Å². The van der Waals surface area contributed by atoms with Gasteiger partial charge in [-0.2, -0.15) is 0 Å². The Labute approximate surface area is 230 Å². The molecule has 0 aromatic heterocycles. The van der Waals surface area contributed by atoms with E-state index in [2.05, 4.69) is 16.9 Å². The van der Waals surface area contributed by atoms with Gasteiger partial charge in [0.25, 0.3) is 0 Å². The van der Waals surface area contributed by atoms with Crippen LogP contribution in [0.4, 0.5) is 4.79 Å². The third-order valence-corrected chi connectivity index (χ3v) is 6.07. The molecule has 0 radical (unpaired) electrons. The Balaban J connectivity index is 2.22. The Morgan fingerprint density at radius 3 is 2.31 bits per heavy atom. The van der Waals surface area contributed by atoms with Gasteiger partial charge in [0.1, 0.15) is 35.1 Å². The van der Waals surface area contributed by atoms with Crippen molar-refractivity contribution < 1.29 is 24.0 Å². The summed E-state index contributed by atoms with van der Waals surface area (Å²) >= 11 is 0. The largest absolute Gasteiger partial charge is 0.458 e. The van der Waals surface area contributed by atoms with E-state index in [1.54, 1.807) is 56.9 Å². The molecule has 1 N–H and O–H groups in total. The molecule has 39 heavy (non-hydrogen) atoms. The molecule has 11 nitrogen and oxygen atoms in total. The first-order valence-corrected chi connectivity index (χ1v) is 13.2. The van der Waals surface area contributed by atoms with Crippen molar-refractivity contribution in [3.8, 4) is 5.75 Å². The van der Waals surface area contributed by atoms with Crippen molar-refractivity contribution in [2.75, 3.05) is 26.2 Å². The number of carbonyl (C=O) groups excluding carboxylic acids is 2. The van der Waals surface area contributed by atoms with Crippen LogP contribution in [0.15, 0.2) is 53.4 Å². The van der Waals surface area contributed by atoms with Crippen molar-refractivity contribution >= 4 is 17.9 Å². The number of nitro groups is 1. The molecule has 1 aliphatic heterocycles. The molecule has 1 atom stereocenters. The van der Waals surface area contributed by atoms with Gasteiger partial charge in [-0.3, -0.25) is 10.1 Å². The molecular weight excluding hydrogens is 502 g/mol. The van der Waals surface area contributed by atoms with Crippen LogP contribution < -0.4 is 10.1 Å². The number of nitrogens with zero attached hydrogens (tertiary/aromatic N) is 4. The SMILES string of the molecule is C=C(N[C@@H](Cc1ccc(OC(=O)N2CCCC2)cc1)C(=O)OC(C)(C)C)/C(=C\N=C(C)N(CC)CC)[N+](=O)[O-]. The molecule has 2 rings (SSSR count). The van der Waals surface area contributed by atoms with Crippen LogP contribution in [0.2, 0.25) is 0 Å². The van der Waals surface area contributed by atoms with Crippen molar-refractivity contribution in [1.82, 2.24) is 15.1 Å². The van der Waals surface area contributed by atoms with Crippen molar-refractivity contribution in [3.05, 3.63) is 64.1 Å². The van der Waals surface area contributed by atoms with Crippen molar-refractivity contribution in [1.29, 1.82) is 0 Å². The fourth-order valence-electron chi connectivity index (χ4n) is 4.00. The van der Waals surface area contributed by atoms with Gasteiger partial charge in [0, 0.05) is 32.6 Å². The lowest BCUT2D eigenvalue weighted by Crippen LogP contribution is -2.42. The second kappa shape index (κ2) is 14.3. The van der Waals surface area contributed by atoms with Gasteiger partial charge < -0.3 is 24.6 Å². The van der Waals surface area contributed by atoms with E-state index in [1.165, 1.54) is 0 Å².